The Morgan fingerprint density at radius 3 is 2.50 bits per heavy atom. The van der Waals surface area contributed by atoms with Gasteiger partial charge < -0.3 is 15.4 Å². The molecule has 1 atom stereocenters. The highest BCUT2D eigenvalue weighted by Gasteiger charge is 2.29. The van der Waals surface area contributed by atoms with Gasteiger partial charge in [0.2, 0.25) is 5.91 Å². The number of carbonyl (C=O) groups excluding carboxylic acids is 2. The zero-order chi connectivity index (χ0) is 22.5. The van der Waals surface area contributed by atoms with Gasteiger partial charge in [-0.15, -0.1) is 0 Å². The highest BCUT2D eigenvalue weighted by Crippen LogP contribution is 2.27. The van der Waals surface area contributed by atoms with E-state index in [0.717, 1.165) is 18.2 Å². The molecule has 2 rings (SSSR count). The van der Waals surface area contributed by atoms with E-state index in [1.807, 2.05) is 0 Å². The van der Waals surface area contributed by atoms with E-state index in [1.165, 1.54) is 6.92 Å². The number of nitro benzene ring substituents is 1. The number of nitrogens with zero attached hydrogens (tertiary/aromatic N) is 1. The van der Waals surface area contributed by atoms with Gasteiger partial charge in [0.15, 0.2) is 6.61 Å². The molecule has 30 heavy (non-hydrogen) atoms. The lowest BCUT2D eigenvalue weighted by Crippen LogP contribution is -2.27. The van der Waals surface area contributed by atoms with E-state index in [1.54, 1.807) is 31.2 Å². The summed E-state index contributed by atoms with van der Waals surface area (Å²) in [6.07, 6.45) is -4.60. The van der Waals surface area contributed by atoms with E-state index < -0.39 is 40.9 Å². The van der Waals surface area contributed by atoms with Crippen LogP contribution in [0.5, 0.6) is 5.75 Å². The summed E-state index contributed by atoms with van der Waals surface area (Å²) < 4.78 is 41.6. The summed E-state index contributed by atoms with van der Waals surface area (Å²) in [7, 11) is 0. The molecule has 0 bridgehead atoms. The van der Waals surface area contributed by atoms with E-state index in [2.05, 4.69) is 15.4 Å². The highest BCUT2D eigenvalue weighted by atomic mass is 19.4. The Morgan fingerprint density at radius 1 is 1.20 bits per heavy atom. The summed E-state index contributed by atoms with van der Waals surface area (Å²) >= 11 is 0. The number of anilines is 1. The van der Waals surface area contributed by atoms with Crippen molar-refractivity contribution in [2.45, 2.75) is 26.1 Å². The number of alkyl halides is 3. The minimum absolute atomic E-state index is 0.282. The zero-order valence-electron chi connectivity index (χ0n) is 15.9. The van der Waals surface area contributed by atoms with Gasteiger partial charge in [-0.3, -0.25) is 19.7 Å². The van der Waals surface area contributed by atoms with Crippen LogP contribution in [0, 0.1) is 10.1 Å². The second-order valence-electron chi connectivity index (χ2n) is 6.34. The molecule has 0 radical (unpaired) electrons. The number of rotatable bonds is 7. The Morgan fingerprint density at radius 2 is 1.90 bits per heavy atom. The fraction of sp³-hybridized carbons (Fsp3) is 0.263. The largest absolute Gasteiger partial charge is 0.484 e. The molecule has 8 nitrogen and oxygen atoms in total. The van der Waals surface area contributed by atoms with Gasteiger partial charge in [0.05, 0.1) is 11.0 Å². The molecule has 2 amide bonds. The quantitative estimate of drug-likeness (QED) is 0.515. The number of ether oxygens (including phenoxy) is 1. The van der Waals surface area contributed by atoms with E-state index in [9.17, 15) is 32.9 Å². The first kappa shape index (κ1) is 22.7. The van der Waals surface area contributed by atoms with E-state index in [4.69, 9.17) is 0 Å². The number of benzene rings is 2. The van der Waals surface area contributed by atoms with Crippen molar-refractivity contribution in [2.24, 2.45) is 0 Å². The number of amides is 2. The molecule has 11 heteroatoms. The molecule has 1 unspecified atom stereocenters. The number of nitrogens with one attached hydrogen (secondary N) is 2. The molecule has 0 aliphatic carbocycles. The third-order valence-electron chi connectivity index (χ3n) is 3.87. The summed E-state index contributed by atoms with van der Waals surface area (Å²) in [6.45, 7) is 1.35. The first-order chi connectivity index (χ1) is 14.0. The fourth-order valence-corrected chi connectivity index (χ4v) is 2.56. The molecule has 2 N–H and O–H groups in total. The van der Waals surface area contributed by atoms with Crippen LogP contribution in [0.1, 0.15) is 35.8 Å². The first-order valence-electron chi connectivity index (χ1n) is 8.62. The monoisotopic (exact) mass is 425 g/mol. The number of nitro groups is 1. The molecule has 0 fully saturated rings. The van der Waals surface area contributed by atoms with Gasteiger partial charge >= 0.3 is 6.18 Å². The van der Waals surface area contributed by atoms with Crippen molar-refractivity contribution in [1.29, 1.82) is 0 Å². The predicted molar refractivity (Wildman–Crippen MR) is 101 cm³/mol. The predicted octanol–water partition coefficient (Wildman–Crippen LogP) is 3.99. The summed E-state index contributed by atoms with van der Waals surface area (Å²) in [5.74, 6) is -1.48. The molecule has 0 saturated carbocycles. The zero-order valence-corrected chi connectivity index (χ0v) is 15.9. The molecule has 0 aromatic heterocycles. The fourth-order valence-electron chi connectivity index (χ4n) is 2.56. The van der Waals surface area contributed by atoms with Crippen LogP contribution >= 0.6 is 0 Å². The van der Waals surface area contributed by atoms with Gasteiger partial charge in [-0.1, -0.05) is 12.1 Å². The number of carbonyl (C=O) groups is 2. The molecule has 0 heterocycles. The van der Waals surface area contributed by atoms with Crippen molar-refractivity contribution in [3.63, 3.8) is 0 Å². The molecule has 2 aromatic carbocycles. The van der Waals surface area contributed by atoms with Crippen LogP contribution in [-0.4, -0.2) is 29.5 Å². The van der Waals surface area contributed by atoms with Crippen molar-refractivity contribution in [1.82, 2.24) is 5.32 Å². The van der Waals surface area contributed by atoms with Gasteiger partial charge in [-0.2, -0.15) is 13.2 Å². The Kier molecular flexibility index (Phi) is 6.98. The minimum atomic E-state index is -4.60. The number of hydrogen-bond donors (Lipinski definition) is 2. The summed E-state index contributed by atoms with van der Waals surface area (Å²) in [6, 6.07) is 8.74. The van der Waals surface area contributed by atoms with Gasteiger partial charge in [0.25, 0.3) is 11.6 Å². The minimum Gasteiger partial charge on any atom is -0.484 e. The Labute approximate surface area is 169 Å². The van der Waals surface area contributed by atoms with Crippen LogP contribution in [0.2, 0.25) is 0 Å². The molecule has 0 aliphatic heterocycles. The lowest BCUT2D eigenvalue weighted by atomic mass is 10.1. The number of halogens is 3. The molecule has 0 aliphatic rings. The van der Waals surface area contributed by atoms with Crippen LogP contribution in [0.25, 0.3) is 0 Å². The summed E-state index contributed by atoms with van der Waals surface area (Å²) in [5, 5.41) is 16.4. The van der Waals surface area contributed by atoms with Crippen LogP contribution < -0.4 is 15.4 Å². The summed E-state index contributed by atoms with van der Waals surface area (Å²) in [4.78, 5) is 34.2. The van der Waals surface area contributed by atoms with Gasteiger partial charge in [0.1, 0.15) is 11.3 Å². The summed E-state index contributed by atoms with van der Waals surface area (Å²) in [5.41, 5.74) is 0.0759. The van der Waals surface area contributed by atoms with Crippen molar-refractivity contribution < 1.29 is 32.4 Å². The highest BCUT2D eigenvalue weighted by molar-refractivity contribution is 5.98. The average Bonchev–Trinajstić information content (AvgIpc) is 2.65. The maximum absolute atomic E-state index is 12.6. The topological polar surface area (TPSA) is 111 Å². The smallest absolute Gasteiger partial charge is 0.422 e. The van der Waals surface area contributed by atoms with Crippen LogP contribution in [0.3, 0.4) is 0 Å². The van der Waals surface area contributed by atoms with Crippen LogP contribution in [0.4, 0.5) is 24.5 Å². The second-order valence-corrected chi connectivity index (χ2v) is 6.34. The molecular formula is C19H18F3N3O5. The Hall–Kier alpha value is -3.63. The molecule has 0 saturated heterocycles. The van der Waals surface area contributed by atoms with E-state index >= 15 is 0 Å². The van der Waals surface area contributed by atoms with E-state index in [0.29, 0.717) is 11.3 Å². The standard InChI is InChI=1S/C19H18F3N3O5/c1-11(13-4-3-5-14(8-13)24-12(2)26)23-18(27)16-9-15(30-10-19(20,21)22)6-7-17(16)25(28)29/h3-9,11H,10H2,1-2H3,(H,23,27)(H,24,26). The number of hydrogen-bond acceptors (Lipinski definition) is 5. The maximum Gasteiger partial charge on any atom is 0.422 e. The average molecular weight is 425 g/mol. The normalized spacial score (nSPS) is 12.0. The van der Waals surface area contributed by atoms with Gasteiger partial charge in [-0.25, -0.2) is 0 Å². The molecular weight excluding hydrogens is 407 g/mol. The van der Waals surface area contributed by atoms with Gasteiger partial charge in [0, 0.05) is 18.7 Å². The van der Waals surface area contributed by atoms with Crippen molar-refractivity contribution in [3.05, 3.63) is 63.7 Å². The third kappa shape index (κ3) is 6.47. The Bertz CT molecular complexity index is 963. The van der Waals surface area contributed by atoms with Crippen molar-refractivity contribution in [3.8, 4) is 5.75 Å². The Balaban J connectivity index is 2.24. The lowest BCUT2D eigenvalue weighted by molar-refractivity contribution is -0.385. The maximum atomic E-state index is 12.6. The van der Waals surface area contributed by atoms with Crippen LogP contribution in [0.15, 0.2) is 42.5 Å². The van der Waals surface area contributed by atoms with Crippen molar-refractivity contribution >= 4 is 23.2 Å². The molecule has 160 valence electrons. The second kappa shape index (κ2) is 9.25. The van der Waals surface area contributed by atoms with Crippen LogP contribution in [-0.2, 0) is 4.79 Å². The SMILES string of the molecule is CC(=O)Nc1cccc(C(C)NC(=O)c2cc(OCC(F)(F)F)ccc2[N+](=O)[O-])c1. The third-order valence-corrected chi connectivity index (χ3v) is 3.87. The van der Waals surface area contributed by atoms with E-state index in [-0.39, 0.29) is 11.7 Å². The lowest BCUT2D eigenvalue weighted by Gasteiger charge is -2.16. The molecule has 2 aromatic rings. The first-order valence-corrected chi connectivity index (χ1v) is 8.62. The molecule has 0 spiro atoms. The van der Waals surface area contributed by atoms with Crippen molar-refractivity contribution in [2.75, 3.05) is 11.9 Å². The van der Waals surface area contributed by atoms with Gasteiger partial charge in [-0.05, 0) is 36.8 Å².